The van der Waals surface area contributed by atoms with E-state index in [-0.39, 0.29) is 0 Å². The lowest BCUT2D eigenvalue weighted by Gasteiger charge is -2.03. The summed E-state index contributed by atoms with van der Waals surface area (Å²) in [5.41, 5.74) is 0.706. The Morgan fingerprint density at radius 2 is 2.17 bits per heavy atom. The van der Waals surface area contributed by atoms with Gasteiger partial charge in [-0.2, -0.15) is 0 Å². The average molecular weight is 262 g/mol. The largest absolute Gasteiger partial charge is 0.497 e. The molecule has 0 aliphatic heterocycles. The van der Waals surface area contributed by atoms with Gasteiger partial charge in [-0.1, -0.05) is 0 Å². The Morgan fingerprint density at radius 1 is 1.39 bits per heavy atom. The van der Waals surface area contributed by atoms with Crippen LogP contribution in [0.5, 0.6) is 5.75 Å². The fraction of sp³-hybridized carbons (Fsp3) is 0.231. The summed E-state index contributed by atoms with van der Waals surface area (Å²) in [6.07, 6.45) is 2.54. The Hall–Kier alpha value is -1.88. The zero-order valence-electron chi connectivity index (χ0n) is 10.5. The van der Waals surface area contributed by atoms with Crippen LogP contribution >= 0.6 is 11.3 Å². The zero-order valence-corrected chi connectivity index (χ0v) is 11.3. The minimum Gasteiger partial charge on any atom is -0.497 e. The molecule has 18 heavy (non-hydrogen) atoms. The number of thiophene rings is 1. The molecule has 2 rings (SSSR count). The number of aldehydes is 1. The van der Waals surface area contributed by atoms with Crippen molar-refractivity contribution in [1.82, 2.24) is 4.90 Å². The minimum atomic E-state index is 0.636. The highest BCUT2D eigenvalue weighted by atomic mass is 32.1. The monoisotopic (exact) mass is 262 g/mol. The number of benzene rings is 1. The van der Waals surface area contributed by atoms with Crippen LogP contribution in [0.25, 0.3) is 10.1 Å². The molecular formula is C13H14N2O2S. The molecular weight excluding hydrogens is 248 g/mol. The third-order valence-electron chi connectivity index (χ3n) is 2.42. The first-order chi connectivity index (χ1) is 8.65. The number of hydrogen-bond acceptors (Lipinski definition) is 4. The molecule has 0 spiro atoms. The summed E-state index contributed by atoms with van der Waals surface area (Å²) in [6, 6.07) is 5.73. The molecule has 5 heteroatoms. The number of hydrogen-bond donors (Lipinski definition) is 0. The summed E-state index contributed by atoms with van der Waals surface area (Å²) in [4.78, 5) is 17.9. The Kier molecular flexibility index (Phi) is 3.62. The second kappa shape index (κ2) is 5.18. The first-order valence-corrected chi connectivity index (χ1v) is 6.23. The third-order valence-corrected chi connectivity index (χ3v) is 3.51. The van der Waals surface area contributed by atoms with Crippen LogP contribution in [-0.2, 0) is 0 Å². The Morgan fingerprint density at radius 3 is 2.78 bits per heavy atom. The van der Waals surface area contributed by atoms with Gasteiger partial charge in [-0.25, -0.2) is 4.99 Å². The van der Waals surface area contributed by atoms with Gasteiger partial charge in [-0.15, -0.1) is 11.3 Å². The van der Waals surface area contributed by atoms with Crippen LogP contribution in [0.4, 0.5) is 5.69 Å². The lowest BCUT2D eigenvalue weighted by atomic mass is 10.2. The topological polar surface area (TPSA) is 41.9 Å². The maximum absolute atomic E-state index is 11.1. The second-order valence-corrected chi connectivity index (χ2v) is 5.09. The number of rotatable bonds is 4. The predicted molar refractivity (Wildman–Crippen MR) is 75.6 cm³/mol. The number of aliphatic imine (C=N–C) groups is 1. The smallest absolute Gasteiger partial charge is 0.162 e. The van der Waals surface area contributed by atoms with Crippen molar-refractivity contribution in [3.63, 3.8) is 0 Å². The molecule has 2 aromatic rings. The Bertz CT molecular complexity index is 602. The van der Waals surface area contributed by atoms with E-state index < -0.39 is 0 Å². The van der Waals surface area contributed by atoms with Crippen molar-refractivity contribution in [3.8, 4) is 5.75 Å². The Balaban J connectivity index is 2.62. The van der Waals surface area contributed by atoms with E-state index in [1.54, 1.807) is 13.4 Å². The van der Waals surface area contributed by atoms with E-state index in [0.29, 0.717) is 10.6 Å². The van der Waals surface area contributed by atoms with Crippen LogP contribution in [0.1, 0.15) is 9.67 Å². The quantitative estimate of drug-likeness (QED) is 0.483. The van der Waals surface area contributed by atoms with Gasteiger partial charge in [0.05, 0.1) is 24.0 Å². The molecule has 0 atom stereocenters. The number of carbonyl (C=O) groups is 1. The molecule has 0 aliphatic rings. The molecule has 94 valence electrons. The SMILES string of the molecule is COc1ccc2sc(C=O)c(N=CN(C)C)c2c1. The van der Waals surface area contributed by atoms with Crippen molar-refractivity contribution in [2.45, 2.75) is 0 Å². The molecule has 1 aromatic carbocycles. The molecule has 0 amide bonds. The number of ether oxygens (including phenoxy) is 1. The number of fused-ring (bicyclic) bond motifs is 1. The second-order valence-electron chi connectivity index (χ2n) is 4.00. The summed E-state index contributed by atoms with van der Waals surface area (Å²) in [5, 5.41) is 0.944. The summed E-state index contributed by atoms with van der Waals surface area (Å²) in [5.74, 6) is 0.763. The van der Waals surface area contributed by atoms with Gasteiger partial charge < -0.3 is 9.64 Å². The zero-order chi connectivity index (χ0) is 13.1. The minimum absolute atomic E-state index is 0.636. The molecule has 0 aliphatic carbocycles. The number of carbonyl (C=O) groups excluding carboxylic acids is 1. The van der Waals surface area contributed by atoms with Gasteiger partial charge in [0.1, 0.15) is 5.75 Å². The number of nitrogens with zero attached hydrogens (tertiary/aromatic N) is 2. The normalized spacial score (nSPS) is 11.1. The molecule has 0 radical (unpaired) electrons. The highest BCUT2D eigenvalue weighted by Crippen LogP contribution is 2.38. The van der Waals surface area contributed by atoms with Crippen LogP contribution in [0.3, 0.4) is 0 Å². The fourth-order valence-electron chi connectivity index (χ4n) is 1.60. The van der Waals surface area contributed by atoms with E-state index in [2.05, 4.69) is 4.99 Å². The van der Waals surface area contributed by atoms with E-state index in [9.17, 15) is 4.79 Å². The van der Waals surface area contributed by atoms with Gasteiger partial charge in [0.2, 0.25) is 0 Å². The van der Waals surface area contributed by atoms with E-state index >= 15 is 0 Å². The third kappa shape index (κ3) is 2.36. The van der Waals surface area contributed by atoms with Crippen molar-refractivity contribution >= 4 is 39.7 Å². The van der Waals surface area contributed by atoms with Crippen molar-refractivity contribution < 1.29 is 9.53 Å². The molecule has 1 heterocycles. The van der Waals surface area contributed by atoms with Crippen molar-refractivity contribution in [3.05, 3.63) is 23.1 Å². The van der Waals surface area contributed by atoms with Gasteiger partial charge in [-0.05, 0) is 18.2 Å². The van der Waals surface area contributed by atoms with Crippen molar-refractivity contribution in [2.75, 3.05) is 21.2 Å². The molecule has 1 aromatic heterocycles. The van der Waals surface area contributed by atoms with Gasteiger partial charge in [0, 0.05) is 24.2 Å². The van der Waals surface area contributed by atoms with E-state index in [1.165, 1.54) is 11.3 Å². The summed E-state index contributed by atoms with van der Waals surface area (Å²) in [6.45, 7) is 0. The summed E-state index contributed by atoms with van der Waals surface area (Å²) < 4.78 is 6.23. The van der Waals surface area contributed by atoms with Gasteiger partial charge in [0.25, 0.3) is 0 Å². The lowest BCUT2D eigenvalue weighted by molar-refractivity contribution is 0.112. The molecule has 0 saturated carbocycles. The molecule has 0 N–H and O–H groups in total. The van der Waals surface area contributed by atoms with Crippen LogP contribution in [0, 0.1) is 0 Å². The molecule has 0 unspecified atom stereocenters. The molecule has 0 fully saturated rings. The summed E-state index contributed by atoms with van der Waals surface area (Å²) in [7, 11) is 5.40. The van der Waals surface area contributed by atoms with E-state index in [1.807, 2.05) is 37.2 Å². The van der Waals surface area contributed by atoms with Gasteiger partial charge in [-0.3, -0.25) is 4.79 Å². The van der Waals surface area contributed by atoms with Crippen LogP contribution < -0.4 is 4.74 Å². The molecule has 4 nitrogen and oxygen atoms in total. The van der Waals surface area contributed by atoms with Crippen LogP contribution in [0.15, 0.2) is 23.2 Å². The maximum Gasteiger partial charge on any atom is 0.162 e. The maximum atomic E-state index is 11.1. The lowest BCUT2D eigenvalue weighted by Crippen LogP contribution is -2.07. The molecule has 0 bridgehead atoms. The van der Waals surface area contributed by atoms with Crippen molar-refractivity contribution in [2.24, 2.45) is 4.99 Å². The first-order valence-electron chi connectivity index (χ1n) is 5.42. The van der Waals surface area contributed by atoms with E-state index in [0.717, 1.165) is 22.1 Å². The molecule has 0 saturated heterocycles. The van der Waals surface area contributed by atoms with Crippen LogP contribution in [0.2, 0.25) is 0 Å². The Labute approximate surface area is 110 Å². The average Bonchev–Trinajstić information content (AvgIpc) is 2.72. The van der Waals surface area contributed by atoms with Gasteiger partial charge in [0.15, 0.2) is 6.29 Å². The fourth-order valence-corrected chi connectivity index (χ4v) is 2.54. The van der Waals surface area contributed by atoms with Crippen LogP contribution in [-0.4, -0.2) is 38.7 Å². The summed E-state index contributed by atoms with van der Waals surface area (Å²) >= 11 is 1.44. The van der Waals surface area contributed by atoms with Gasteiger partial charge >= 0.3 is 0 Å². The standard InChI is InChI=1S/C13H14N2O2S/c1-15(2)8-14-13-10-6-9(17-3)4-5-11(10)18-12(13)7-16/h4-8H,1-3H3. The highest BCUT2D eigenvalue weighted by Gasteiger charge is 2.11. The highest BCUT2D eigenvalue weighted by molar-refractivity contribution is 7.21. The van der Waals surface area contributed by atoms with Crippen molar-refractivity contribution in [1.29, 1.82) is 0 Å². The van der Waals surface area contributed by atoms with E-state index in [4.69, 9.17) is 4.74 Å². The first kappa shape index (κ1) is 12.6. The predicted octanol–water partition coefficient (Wildman–Crippen LogP) is 2.94. The number of methoxy groups -OCH3 is 1.